The summed E-state index contributed by atoms with van der Waals surface area (Å²) in [6.45, 7) is 2.71. The topological polar surface area (TPSA) is 49.7 Å². The van der Waals surface area contributed by atoms with Crippen LogP contribution >= 0.6 is 0 Å². The Morgan fingerprint density at radius 3 is 2.52 bits per heavy atom. The minimum Gasteiger partial charge on any atom is -0.389 e. The van der Waals surface area contributed by atoms with E-state index in [2.05, 4.69) is 18.8 Å². The normalized spacial score (nSPS) is 13.3. The molecule has 0 heterocycles. The lowest BCUT2D eigenvalue weighted by atomic mass is 10.1. The molecular weight excluding hydrogens is 264 g/mol. The van der Waals surface area contributed by atoms with Gasteiger partial charge in [0.1, 0.15) is 6.10 Å². The number of benzene rings is 1. The maximum atomic E-state index is 9.79. The zero-order chi connectivity index (χ0) is 15.3. The minimum atomic E-state index is -0.890. The number of unbranched alkanes of at least 4 members (excludes halogenated alkanes) is 3. The van der Waals surface area contributed by atoms with Crippen molar-refractivity contribution in [2.45, 2.75) is 57.8 Å². The zero-order valence-corrected chi connectivity index (χ0v) is 12.8. The van der Waals surface area contributed by atoms with Gasteiger partial charge in [0.2, 0.25) is 0 Å². The fraction of sp³-hybridized carbons (Fsp3) is 0.556. The van der Waals surface area contributed by atoms with Gasteiger partial charge < -0.3 is 14.9 Å². The fourth-order valence-electron chi connectivity index (χ4n) is 1.85. The molecule has 0 saturated carbocycles. The lowest BCUT2D eigenvalue weighted by Gasteiger charge is -2.15. The Kier molecular flexibility index (Phi) is 9.56. The first-order valence-electron chi connectivity index (χ1n) is 7.67. The summed E-state index contributed by atoms with van der Waals surface area (Å²) in [4.78, 5) is 0. The quantitative estimate of drug-likeness (QED) is 0.543. The van der Waals surface area contributed by atoms with Crippen LogP contribution in [0.5, 0.6) is 0 Å². The Labute approximate surface area is 128 Å². The van der Waals surface area contributed by atoms with E-state index in [1.807, 2.05) is 30.3 Å². The van der Waals surface area contributed by atoms with E-state index in [1.165, 1.54) is 12.8 Å². The molecule has 0 aliphatic heterocycles. The van der Waals surface area contributed by atoms with Crippen LogP contribution in [0.2, 0.25) is 0 Å². The zero-order valence-electron chi connectivity index (χ0n) is 12.8. The molecule has 2 N–H and O–H groups in total. The molecule has 0 bridgehead atoms. The van der Waals surface area contributed by atoms with Crippen molar-refractivity contribution in [1.29, 1.82) is 0 Å². The number of ether oxygens (including phenoxy) is 1. The highest BCUT2D eigenvalue weighted by Gasteiger charge is 2.15. The van der Waals surface area contributed by atoms with Crippen molar-refractivity contribution >= 4 is 0 Å². The molecule has 0 aliphatic carbocycles. The number of hydrogen-bond donors (Lipinski definition) is 2. The van der Waals surface area contributed by atoms with E-state index in [0.29, 0.717) is 13.0 Å². The van der Waals surface area contributed by atoms with Crippen molar-refractivity contribution in [3.05, 3.63) is 35.9 Å². The van der Waals surface area contributed by atoms with Crippen molar-refractivity contribution < 1.29 is 14.9 Å². The lowest BCUT2D eigenvalue weighted by Crippen LogP contribution is -2.30. The molecule has 0 fully saturated rings. The first kappa shape index (κ1) is 17.7. The van der Waals surface area contributed by atoms with Crippen LogP contribution in [-0.4, -0.2) is 29.0 Å². The molecule has 1 aromatic rings. The molecule has 0 aliphatic rings. The summed E-state index contributed by atoms with van der Waals surface area (Å²) in [5.74, 6) is 5.94. The predicted molar refractivity (Wildman–Crippen MR) is 84.6 cm³/mol. The largest absolute Gasteiger partial charge is 0.389 e. The number of hydrogen-bond acceptors (Lipinski definition) is 3. The highest BCUT2D eigenvalue weighted by Crippen LogP contribution is 2.04. The molecule has 3 heteroatoms. The Morgan fingerprint density at radius 2 is 1.81 bits per heavy atom. The molecule has 0 aromatic heterocycles. The number of aliphatic hydroxyl groups is 2. The second-order valence-electron chi connectivity index (χ2n) is 5.15. The average molecular weight is 290 g/mol. The van der Waals surface area contributed by atoms with Crippen molar-refractivity contribution in [1.82, 2.24) is 0 Å². The summed E-state index contributed by atoms with van der Waals surface area (Å²) in [5, 5.41) is 19.6. The van der Waals surface area contributed by atoms with E-state index in [1.54, 1.807) is 0 Å². The number of rotatable bonds is 9. The van der Waals surface area contributed by atoms with Gasteiger partial charge in [0, 0.05) is 12.8 Å². The molecular formula is C18H26O3. The molecule has 3 nitrogen and oxygen atoms in total. The third-order valence-corrected chi connectivity index (χ3v) is 3.19. The van der Waals surface area contributed by atoms with Crippen LogP contribution in [-0.2, 0) is 11.3 Å². The monoisotopic (exact) mass is 290 g/mol. The van der Waals surface area contributed by atoms with Crippen molar-refractivity contribution in [2.75, 3.05) is 6.61 Å². The first-order valence-corrected chi connectivity index (χ1v) is 7.67. The van der Waals surface area contributed by atoms with E-state index in [9.17, 15) is 10.2 Å². The van der Waals surface area contributed by atoms with E-state index in [4.69, 9.17) is 4.74 Å². The molecule has 0 radical (unpaired) electrons. The lowest BCUT2D eigenvalue weighted by molar-refractivity contribution is -0.0399. The molecule has 116 valence electrons. The summed E-state index contributed by atoms with van der Waals surface area (Å²) >= 11 is 0. The summed E-state index contributed by atoms with van der Waals surface area (Å²) in [7, 11) is 0. The third kappa shape index (κ3) is 8.52. The average Bonchev–Trinajstić information content (AvgIpc) is 2.51. The fourth-order valence-corrected chi connectivity index (χ4v) is 1.85. The minimum absolute atomic E-state index is 0.119. The molecule has 1 aromatic carbocycles. The highest BCUT2D eigenvalue weighted by molar-refractivity contribution is 5.13. The Balaban J connectivity index is 2.14. The van der Waals surface area contributed by atoms with Crippen LogP contribution in [0.1, 0.15) is 44.6 Å². The van der Waals surface area contributed by atoms with Crippen molar-refractivity contribution in [3.63, 3.8) is 0 Å². The van der Waals surface area contributed by atoms with Gasteiger partial charge in [0.25, 0.3) is 0 Å². The van der Waals surface area contributed by atoms with Crippen molar-refractivity contribution in [2.24, 2.45) is 0 Å². The molecule has 0 unspecified atom stereocenters. The maximum absolute atomic E-state index is 9.79. The van der Waals surface area contributed by atoms with Crippen LogP contribution < -0.4 is 0 Å². The van der Waals surface area contributed by atoms with Crippen LogP contribution in [0.3, 0.4) is 0 Å². The van der Waals surface area contributed by atoms with E-state index < -0.39 is 12.2 Å². The van der Waals surface area contributed by atoms with Gasteiger partial charge in [-0.15, -0.1) is 11.8 Å². The van der Waals surface area contributed by atoms with Gasteiger partial charge in [-0.2, -0.15) is 0 Å². The van der Waals surface area contributed by atoms with Gasteiger partial charge >= 0.3 is 0 Å². The smallest absolute Gasteiger partial charge is 0.104 e. The highest BCUT2D eigenvalue weighted by atomic mass is 16.5. The third-order valence-electron chi connectivity index (χ3n) is 3.19. The molecule has 1 rings (SSSR count). The van der Waals surface area contributed by atoms with Crippen LogP contribution in [0, 0.1) is 11.8 Å². The van der Waals surface area contributed by atoms with Crippen LogP contribution in [0.4, 0.5) is 0 Å². The van der Waals surface area contributed by atoms with Crippen LogP contribution in [0.15, 0.2) is 30.3 Å². The summed E-state index contributed by atoms with van der Waals surface area (Å²) in [6.07, 6.45) is 2.89. The van der Waals surface area contributed by atoms with Gasteiger partial charge in [-0.05, 0) is 12.0 Å². The molecule has 2 atom stereocenters. The maximum Gasteiger partial charge on any atom is 0.104 e. The van der Waals surface area contributed by atoms with Gasteiger partial charge in [-0.3, -0.25) is 0 Å². The summed E-state index contributed by atoms with van der Waals surface area (Å²) in [6, 6.07) is 9.76. The van der Waals surface area contributed by atoms with E-state index in [-0.39, 0.29) is 6.61 Å². The summed E-state index contributed by atoms with van der Waals surface area (Å²) in [5.41, 5.74) is 1.05. The second kappa shape index (κ2) is 11.3. The van der Waals surface area contributed by atoms with Gasteiger partial charge in [-0.1, -0.05) is 50.1 Å². The molecule has 21 heavy (non-hydrogen) atoms. The predicted octanol–water partition coefficient (Wildman–Crippen LogP) is 2.90. The van der Waals surface area contributed by atoms with E-state index in [0.717, 1.165) is 18.4 Å². The van der Waals surface area contributed by atoms with Gasteiger partial charge in [0.05, 0.1) is 19.3 Å². The van der Waals surface area contributed by atoms with E-state index >= 15 is 0 Å². The van der Waals surface area contributed by atoms with Crippen molar-refractivity contribution in [3.8, 4) is 11.8 Å². The number of aliphatic hydroxyl groups excluding tert-OH is 2. The van der Waals surface area contributed by atoms with Gasteiger partial charge in [0.15, 0.2) is 0 Å². The van der Waals surface area contributed by atoms with Crippen LogP contribution in [0.25, 0.3) is 0 Å². The first-order chi connectivity index (χ1) is 10.2. The Morgan fingerprint density at radius 1 is 1.05 bits per heavy atom. The molecule has 0 spiro atoms. The standard InChI is InChI=1S/C18H26O3/c1-2-3-4-5-6-10-13-17(19)18(20)15-21-14-16-11-8-7-9-12-16/h7-9,11-12,17-20H,2-5,13-15H2,1H3/t17-,18-/m1/s1. The Bertz CT molecular complexity index is 419. The molecule has 0 saturated heterocycles. The summed E-state index contributed by atoms with van der Waals surface area (Å²) < 4.78 is 5.40. The second-order valence-corrected chi connectivity index (χ2v) is 5.15. The SMILES string of the molecule is CCCCCC#CC[C@@H](O)[C@H](O)COCc1ccccc1. The van der Waals surface area contributed by atoms with Gasteiger partial charge in [-0.25, -0.2) is 0 Å². The Hall–Kier alpha value is -1.34. The molecule has 0 amide bonds.